The number of halogens is 3. The molecule has 2 aliphatic rings. The van der Waals surface area contributed by atoms with Crippen LogP contribution in [0.25, 0.3) is 0 Å². The maximum absolute atomic E-state index is 15.0. The summed E-state index contributed by atoms with van der Waals surface area (Å²) in [5, 5.41) is 1.04. The monoisotopic (exact) mass is 476 g/mol. The fraction of sp³-hybridized carbons (Fsp3) is 0.526. The summed E-state index contributed by atoms with van der Waals surface area (Å²) in [5.41, 5.74) is 1.66. The van der Waals surface area contributed by atoms with Crippen molar-refractivity contribution in [2.75, 3.05) is 36.8 Å². The van der Waals surface area contributed by atoms with Gasteiger partial charge >= 0.3 is 0 Å². The van der Waals surface area contributed by atoms with Gasteiger partial charge in [-0.25, -0.2) is 22.2 Å². The summed E-state index contributed by atoms with van der Waals surface area (Å²) in [7, 11) is -0.401. The minimum atomic E-state index is -4.52. The van der Waals surface area contributed by atoms with Gasteiger partial charge in [0, 0.05) is 36.0 Å². The Kier molecular flexibility index (Phi) is 5.71. The molecule has 1 saturated heterocycles. The smallest absolute Gasteiger partial charge is 0.268 e. The highest BCUT2D eigenvalue weighted by Crippen LogP contribution is 2.49. The number of thiazole rings is 1. The van der Waals surface area contributed by atoms with Crippen LogP contribution < -0.4 is 9.62 Å². The lowest BCUT2D eigenvalue weighted by Gasteiger charge is -2.36. The quantitative estimate of drug-likeness (QED) is 0.655. The second-order valence-corrected chi connectivity index (χ2v) is 10.9. The molecule has 4 rings (SSSR count). The van der Waals surface area contributed by atoms with Gasteiger partial charge in [-0.15, -0.1) is 11.3 Å². The third-order valence-electron chi connectivity index (χ3n) is 6.25. The Balaban J connectivity index is 1.66. The third-order valence-corrected chi connectivity index (χ3v) is 8.58. The van der Waals surface area contributed by atoms with Crippen LogP contribution in [-0.4, -0.2) is 51.5 Å². The maximum Gasteiger partial charge on any atom is 0.268 e. The normalized spacial score (nSPS) is 24.3. The standard InChI is InChI=1S/C19H23ClF2N4O2S2/c1-25(2)14-4-3-5-19(14)6-7-26(10-19)13-8-12(21)18(17(22)16(13)20)30(27,28)24-15-9-29-11-23-15/h8-9,11,14,24H,3-7,10H2,1-2H3/t14-,19+/m1/s1. The number of aromatic nitrogens is 1. The Labute approximate surface area is 183 Å². The number of anilines is 2. The average Bonchev–Trinajstić information content (AvgIpc) is 3.40. The molecule has 1 aromatic carbocycles. The second-order valence-electron chi connectivity index (χ2n) is 8.22. The fourth-order valence-corrected chi connectivity index (χ4v) is 7.02. The molecule has 2 heterocycles. The van der Waals surface area contributed by atoms with Gasteiger partial charge in [0.05, 0.1) is 11.2 Å². The number of benzene rings is 1. The van der Waals surface area contributed by atoms with Gasteiger partial charge in [0.25, 0.3) is 10.0 Å². The highest BCUT2D eigenvalue weighted by molar-refractivity contribution is 7.92. The minimum absolute atomic E-state index is 0.00329. The second kappa shape index (κ2) is 7.89. The van der Waals surface area contributed by atoms with Gasteiger partial charge in [-0.3, -0.25) is 4.72 Å². The van der Waals surface area contributed by atoms with Crippen LogP contribution in [0, 0.1) is 17.0 Å². The van der Waals surface area contributed by atoms with Crippen LogP contribution in [0.15, 0.2) is 21.9 Å². The van der Waals surface area contributed by atoms with E-state index in [1.165, 1.54) is 10.9 Å². The summed E-state index contributed by atoms with van der Waals surface area (Å²) in [5.74, 6) is -2.46. The van der Waals surface area contributed by atoms with E-state index in [0.717, 1.165) is 43.1 Å². The first-order valence-electron chi connectivity index (χ1n) is 9.64. The number of nitrogens with zero attached hydrogens (tertiary/aromatic N) is 3. The van der Waals surface area contributed by atoms with E-state index in [1.54, 1.807) is 0 Å². The van der Waals surface area contributed by atoms with Gasteiger partial charge in [-0.05, 0) is 33.4 Å². The Morgan fingerprint density at radius 2 is 2.13 bits per heavy atom. The number of nitrogens with one attached hydrogen (secondary N) is 1. The van der Waals surface area contributed by atoms with E-state index in [0.29, 0.717) is 19.1 Å². The number of hydrogen-bond donors (Lipinski definition) is 1. The van der Waals surface area contributed by atoms with Crippen molar-refractivity contribution < 1.29 is 17.2 Å². The zero-order chi connectivity index (χ0) is 21.7. The maximum atomic E-state index is 15.0. The van der Waals surface area contributed by atoms with Crippen LogP contribution in [0.2, 0.25) is 5.02 Å². The minimum Gasteiger partial charge on any atom is -0.370 e. The molecular formula is C19H23ClF2N4O2S2. The molecule has 30 heavy (non-hydrogen) atoms. The summed E-state index contributed by atoms with van der Waals surface area (Å²) in [6.45, 7) is 1.25. The molecule has 1 N–H and O–H groups in total. The molecular weight excluding hydrogens is 454 g/mol. The lowest BCUT2D eigenvalue weighted by molar-refractivity contribution is 0.153. The summed E-state index contributed by atoms with van der Waals surface area (Å²) < 4.78 is 57.1. The molecule has 2 aromatic rings. The zero-order valence-electron chi connectivity index (χ0n) is 16.7. The largest absolute Gasteiger partial charge is 0.370 e. The van der Waals surface area contributed by atoms with Gasteiger partial charge in [0.2, 0.25) is 0 Å². The van der Waals surface area contributed by atoms with E-state index < -0.39 is 26.6 Å². The van der Waals surface area contributed by atoms with Crippen LogP contribution in [0.3, 0.4) is 0 Å². The van der Waals surface area contributed by atoms with Crippen molar-refractivity contribution in [1.82, 2.24) is 9.88 Å². The Hall–Kier alpha value is -1.49. The van der Waals surface area contributed by atoms with E-state index in [2.05, 4.69) is 28.7 Å². The van der Waals surface area contributed by atoms with Crippen molar-refractivity contribution >= 4 is 44.5 Å². The first-order chi connectivity index (χ1) is 14.1. The number of rotatable bonds is 5. The predicted octanol–water partition coefficient (Wildman–Crippen LogP) is 4.19. The molecule has 0 amide bonds. The first-order valence-corrected chi connectivity index (χ1v) is 12.4. The lowest BCUT2D eigenvalue weighted by atomic mass is 9.81. The molecule has 2 atom stereocenters. The van der Waals surface area contributed by atoms with Crippen LogP contribution in [0.1, 0.15) is 25.7 Å². The van der Waals surface area contributed by atoms with Crippen LogP contribution in [-0.2, 0) is 10.0 Å². The summed E-state index contributed by atoms with van der Waals surface area (Å²) in [6.07, 6.45) is 4.17. The molecule has 1 aliphatic heterocycles. The zero-order valence-corrected chi connectivity index (χ0v) is 19.0. The van der Waals surface area contributed by atoms with E-state index in [9.17, 15) is 12.8 Å². The van der Waals surface area contributed by atoms with Crippen molar-refractivity contribution in [2.45, 2.75) is 36.6 Å². The average molecular weight is 477 g/mol. The highest BCUT2D eigenvalue weighted by atomic mass is 35.5. The van der Waals surface area contributed by atoms with Crippen molar-refractivity contribution in [3.63, 3.8) is 0 Å². The van der Waals surface area contributed by atoms with Crippen molar-refractivity contribution in [1.29, 1.82) is 0 Å². The van der Waals surface area contributed by atoms with Crippen molar-refractivity contribution in [3.05, 3.63) is 33.6 Å². The molecule has 1 spiro atoms. The van der Waals surface area contributed by atoms with Gasteiger partial charge in [-0.2, -0.15) is 0 Å². The van der Waals surface area contributed by atoms with Crippen LogP contribution >= 0.6 is 22.9 Å². The molecule has 6 nitrogen and oxygen atoms in total. The molecule has 164 valence electrons. The van der Waals surface area contributed by atoms with E-state index >= 15 is 4.39 Å². The molecule has 0 radical (unpaired) electrons. The van der Waals surface area contributed by atoms with Gasteiger partial charge in [-0.1, -0.05) is 18.0 Å². The molecule has 2 fully saturated rings. The summed E-state index contributed by atoms with van der Waals surface area (Å²) >= 11 is 7.39. The molecule has 0 bridgehead atoms. The van der Waals surface area contributed by atoms with Gasteiger partial charge < -0.3 is 9.80 Å². The van der Waals surface area contributed by atoms with E-state index in [4.69, 9.17) is 11.6 Å². The lowest BCUT2D eigenvalue weighted by Crippen LogP contribution is -2.42. The molecule has 1 aliphatic carbocycles. The van der Waals surface area contributed by atoms with E-state index in [-0.39, 0.29) is 21.9 Å². The Morgan fingerprint density at radius 3 is 2.80 bits per heavy atom. The number of hydrogen-bond acceptors (Lipinski definition) is 6. The fourth-order valence-electron chi connectivity index (χ4n) is 5.00. The third kappa shape index (κ3) is 3.68. The van der Waals surface area contributed by atoms with Crippen molar-refractivity contribution in [2.24, 2.45) is 5.41 Å². The first kappa shape index (κ1) is 21.7. The highest BCUT2D eigenvalue weighted by Gasteiger charge is 2.48. The Morgan fingerprint density at radius 1 is 1.37 bits per heavy atom. The Bertz CT molecular complexity index is 1050. The molecule has 11 heteroatoms. The van der Waals surface area contributed by atoms with Gasteiger partial charge in [0.15, 0.2) is 16.5 Å². The predicted molar refractivity (Wildman–Crippen MR) is 115 cm³/mol. The topological polar surface area (TPSA) is 65.5 Å². The molecule has 1 aromatic heterocycles. The van der Waals surface area contributed by atoms with Crippen molar-refractivity contribution in [3.8, 4) is 0 Å². The van der Waals surface area contributed by atoms with Gasteiger partial charge in [0.1, 0.15) is 10.8 Å². The SMILES string of the molecule is CN(C)[C@@H]1CCC[C@@]12CCN(c1cc(F)c(S(=O)(=O)Nc3cscn3)c(F)c1Cl)C2. The molecule has 0 unspecified atom stereocenters. The summed E-state index contributed by atoms with van der Waals surface area (Å²) in [6, 6.07) is 1.43. The van der Waals surface area contributed by atoms with Crippen LogP contribution in [0.4, 0.5) is 20.3 Å². The van der Waals surface area contributed by atoms with Crippen LogP contribution in [0.5, 0.6) is 0 Å². The number of sulfonamides is 1. The summed E-state index contributed by atoms with van der Waals surface area (Å²) in [4.78, 5) is 6.79. The molecule has 1 saturated carbocycles. The van der Waals surface area contributed by atoms with E-state index in [1.807, 2.05) is 4.90 Å².